The highest BCUT2D eigenvalue weighted by Gasteiger charge is 2.26. The predicted molar refractivity (Wildman–Crippen MR) is 73.0 cm³/mol. The maximum absolute atomic E-state index is 12.0. The van der Waals surface area contributed by atoms with Gasteiger partial charge in [-0.25, -0.2) is 0 Å². The predicted octanol–water partition coefficient (Wildman–Crippen LogP) is 2.58. The van der Waals surface area contributed by atoms with Gasteiger partial charge in [-0.2, -0.15) is 8.42 Å². The highest BCUT2D eigenvalue weighted by Crippen LogP contribution is 2.21. The van der Waals surface area contributed by atoms with Gasteiger partial charge in [0.25, 0.3) is 10.1 Å². The van der Waals surface area contributed by atoms with E-state index in [4.69, 9.17) is 9.39 Å². The van der Waals surface area contributed by atoms with Gasteiger partial charge in [-0.3, -0.25) is 4.18 Å². The summed E-state index contributed by atoms with van der Waals surface area (Å²) in [6.07, 6.45) is 0. The third kappa shape index (κ3) is 4.04. The average molecular weight is 285 g/mol. The molecule has 0 amide bonds. The third-order valence-corrected chi connectivity index (χ3v) is 4.29. The molecule has 0 saturated carbocycles. The summed E-state index contributed by atoms with van der Waals surface area (Å²) in [5.41, 5.74) is 0.723. The number of aryl methyl sites for hydroxylation is 1. The van der Waals surface area contributed by atoms with E-state index in [-0.39, 0.29) is 11.5 Å². The molecule has 0 saturated heterocycles. The van der Waals surface area contributed by atoms with E-state index < -0.39 is 15.5 Å². The van der Waals surface area contributed by atoms with Gasteiger partial charge in [-0.15, -0.1) is 0 Å². The first-order chi connectivity index (χ1) is 8.69. The number of oxime groups is 1. The normalized spacial score (nSPS) is 13.6. The minimum Gasteiger partial charge on any atom is -0.411 e. The largest absolute Gasteiger partial charge is 0.411 e. The summed E-state index contributed by atoms with van der Waals surface area (Å²) in [5.74, 6) is 0. The fourth-order valence-corrected chi connectivity index (χ4v) is 2.29. The van der Waals surface area contributed by atoms with Crippen LogP contribution in [0.5, 0.6) is 0 Å². The molecular weight excluding hydrogens is 266 g/mol. The van der Waals surface area contributed by atoms with Crippen molar-refractivity contribution < 1.29 is 17.8 Å². The fourth-order valence-electron chi connectivity index (χ4n) is 1.24. The van der Waals surface area contributed by atoms with Crippen LogP contribution in [-0.2, 0) is 14.3 Å². The Kier molecular flexibility index (Phi) is 4.70. The highest BCUT2D eigenvalue weighted by atomic mass is 32.2. The van der Waals surface area contributed by atoms with E-state index in [1.807, 2.05) is 6.92 Å². The lowest BCUT2D eigenvalue weighted by molar-refractivity contribution is 0.231. The second-order valence-electron chi connectivity index (χ2n) is 5.10. The van der Waals surface area contributed by atoms with Crippen LogP contribution < -0.4 is 0 Å². The maximum Gasteiger partial charge on any atom is 0.297 e. The van der Waals surface area contributed by atoms with Gasteiger partial charge in [0, 0.05) is 5.41 Å². The Balaban J connectivity index is 2.85. The van der Waals surface area contributed by atoms with Gasteiger partial charge in [0.05, 0.1) is 17.2 Å². The second kappa shape index (κ2) is 5.71. The molecule has 0 unspecified atom stereocenters. The Hall–Kier alpha value is -1.40. The van der Waals surface area contributed by atoms with E-state index in [9.17, 15) is 8.42 Å². The molecule has 0 aliphatic carbocycles. The summed E-state index contributed by atoms with van der Waals surface area (Å²) < 4.78 is 29.0. The minimum absolute atomic E-state index is 0.0842. The van der Waals surface area contributed by atoms with Crippen molar-refractivity contribution in [1.82, 2.24) is 0 Å². The number of nitrogens with zero attached hydrogens (tertiary/aromatic N) is 1. The van der Waals surface area contributed by atoms with Crippen LogP contribution in [0.15, 0.2) is 34.3 Å². The van der Waals surface area contributed by atoms with E-state index in [1.54, 1.807) is 32.9 Å². The van der Waals surface area contributed by atoms with E-state index >= 15 is 0 Å². The summed E-state index contributed by atoms with van der Waals surface area (Å²) >= 11 is 0. The Bertz CT molecular complexity index is 559. The van der Waals surface area contributed by atoms with Gasteiger partial charge in [-0.1, -0.05) is 36.7 Å². The first-order valence-corrected chi connectivity index (χ1v) is 7.25. The SMILES string of the molecule is C/C(=N\O)C(C)(C)COS(=O)(=O)c1ccc(C)cc1. The number of hydrogen-bond donors (Lipinski definition) is 1. The molecule has 0 atom stereocenters. The Morgan fingerprint density at radius 1 is 1.32 bits per heavy atom. The van der Waals surface area contributed by atoms with Crippen LogP contribution >= 0.6 is 0 Å². The van der Waals surface area contributed by atoms with Crippen LogP contribution in [0.3, 0.4) is 0 Å². The van der Waals surface area contributed by atoms with Crippen LogP contribution in [0.4, 0.5) is 0 Å². The first-order valence-electron chi connectivity index (χ1n) is 5.84. The van der Waals surface area contributed by atoms with Gasteiger partial charge >= 0.3 is 0 Å². The summed E-state index contributed by atoms with van der Waals surface area (Å²) in [4.78, 5) is 0.118. The van der Waals surface area contributed by atoms with E-state index in [0.29, 0.717) is 5.71 Å². The van der Waals surface area contributed by atoms with Crippen molar-refractivity contribution in [2.75, 3.05) is 6.61 Å². The molecule has 0 radical (unpaired) electrons. The molecule has 106 valence electrons. The monoisotopic (exact) mass is 285 g/mol. The highest BCUT2D eigenvalue weighted by molar-refractivity contribution is 7.86. The Labute approximate surface area is 114 Å². The Morgan fingerprint density at radius 2 is 1.84 bits per heavy atom. The van der Waals surface area contributed by atoms with Crippen molar-refractivity contribution in [3.05, 3.63) is 29.8 Å². The Morgan fingerprint density at radius 3 is 2.32 bits per heavy atom. The molecule has 6 heteroatoms. The van der Waals surface area contributed by atoms with E-state index in [2.05, 4.69) is 5.16 Å². The number of hydrogen-bond acceptors (Lipinski definition) is 5. The average Bonchev–Trinajstić information content (AvgIpc) is 2.36. The van der Waals surface area contributed by atoms with Gasteiger partial charge in [-0.05, 0) is 26.0 Å². The van der Waals surface area contributed by atoms with Crippen molar-refractivity contribution in [3.63, 3.8) is 0 Å². The summed E-state index contributed by atoms with van der Waals surface area (Å²) in [6, 6.07) is 6.43. The number of rotatable bonds is 5. The third-order valence-electron chi connectivity index (χ3n) is 3.01. The van der Waals surface area contributed by atoms with Gasteiger partial charge in [0.2, 0.25) is 0 Å². The molecular formula is C13H19NO4S. The molecule has 0 spiro atoms. The fraction of sp³-hybridized carbons (Fsp3) is 0.462. The second-order valence-corrected chi connectivity index (χ2v) is 6.71. The number of benzene rings is 1. The lowest BCUT2D eigenvalue weighted by Crippen LogP contribution is -2.29. The zero-order valence-electron chi connectivity index (χ0n) is 11.5. The molecule has 0 aliphatic heterocycles. The lowest BCUT2D eigenvalue weighted by atomic mass is 9.90. The van der Waals surface area contributed by atoms with Crippen molar-refractivity contribution in [3.8, 4) is 0 Å². The topological polar surface area (TPSA) is 76.0 Å². The molecule has 5 nitrogen and oxygen atoms in total. The molecule has 19 heavy (non-hydrogen) atoms. The molecule has 0 fully saturated rings. The molecule has 0 heterocycles. The molecule has 1 rings (SSSR count). The van der Waals surface area contributed by atoms with Crippen molar-refractivity contribution in [2.45, 2.75) is 32.6 Å². The van der Waals surface area contributed by atoms with Crippen LogP contribution in [0, 0.1) is 12.3 Å². The first kappa shape index (κ1) is 15.7. The maximum atomic E-state index is 12.0. The summed E-state index contributed by atoms with van der Waals surface area (Å²) in [7, 11) is -3.79. The zero-order chi connectivity index (χ0) is 14.7. The zero-order valence-corrected chi connectivity index (χ0v) is 12.4. The molecule has 0 aliphatic rings. The standard InChI is InChI=1S/C13H19NO4S/c1-10-5-7-12(8-6-10)19(16,17)18-9-13(3,4)11(2)14-15/h5-8,15H,9H2,1-4H3/b14-11+. The molecule has 1 aromatic carbocycles. The van der Waals surface area contributed by atoms with Crippen LogP contribution in [-0.4, -0.2) is 25.9 Å². The molecule has 1 N–H and O–H groups in total. The van der Waals surface area contributed by atoms with Gasteiger partial charge in [0.1, 0.15) is 0 Å². The van der Waals surface area contributed by atoms with Crippen LogP contribution in [0.25, 0.3) is 0 Å². The van der Waals surface area contributed by atoms with Crippen LogP contribution in [0.2, 0.25) is 0 Å². The van der Waals surface area contributed by atoms with Gasteiger partial charge in [0.15, 0.2) is 0 Å². The summed E-state index contributed by atoms with van der Waals surface area (Å²) in [6.45, 7) is 6.89. The van der Waals surface area contributed by atoms with Gasteiger partial charge < -0.3 is 5.21 Å². The minimum atomic E-state index is -3.79. The quantitative estimate of drug-likeness (QED) is 0.390. The van der Waals surface area contributed by atoms with Crippen molar-refractivity contribution >= 4 is 15.8 Å². The summed E-state index contributed by atoms with van der Waals surface area (Å²) in [5, 5.41) is 11.8. The smallest absolute Gasteiger partial charge is 0.297 e. The lowest BCUT2D eigenvalue weighted by Gasteiger charge is -2.22. The molecule has 1 aromatic rings. The van der Waals surface area contributed by atoms with Crippen LogP contribution in [0.1, 0.15) is 26.3 Å². The molecule has 0 bridgehead atoms. The van der Waals surface area contributed by atoms with E-state index in [0.717, 1.165) is 5.56 Å². The molecule has 0 aromatic heterocycles. The van der Waals surface area contributed by atoms with E-state index in [1.165, 1.54) is 12.1 Å². The van der Waals surface area contributed by atoms with Crippen molar-refractivity contribution in [1.29, 1.82) is 0 Å². The van der Waals surface area contributed by atoms with Crippen molar-refractivity contribution in [2.24, 2.45) is 10.6 Å².